The summed E-state index contributed by atoms with van der Waals surface area (Å²) < 4.78 is 1.75. The van der Waals surface area contributed by atoms with Gasteiger partial charge in [-0.05, 0) is 12.1 Å². The van der Waals surface area contributed by atoms with Crippen LogP contribution < -0.4 is 10.6 Å². The number of aromatic nitrogens is 2. The Morgan fingerprint density at radius 3 is 2.76 bits per heavy atom. The first-order valence-electron chi connectivity index (χ1n) is 6.05. The van der Waals surface area contributed by atoms with E-state index in [1.807, 2.05) is 0 Å². The van der Waals surface area contributed by atoms with Crippen LogP contribution in [-0.2, 0) is 13.6 Å². The first-order chi connectivity index (χ1) is 9.99. The molecule has 0 fully saturated rings. The van der Waals surface area contributed by atoms with Gasteiger partial charge in [0.2, 0.25) is 0 Å². The zero-order valence-electron chi connectivity index (χ0n) is 11.2. The minimum Gasteiger partial charge on any atom is -0.505 e. The zero-order chi connectivity index (χ0) is 15.4. The maximum absolute atomic E-state index is 11.7. The number of urea groups is 1. The van der Waals surface area contributed by atoms with Crippen molar-refractivity contribution in [3.05, 3.63) is 42.0 Å². The van der Waals surface area contributed by atoms with Crippen molar-refractivity contribution in [2.45, 2.75) is 6.54 Å². The summed E-state index contributed by atoms with van der Waals surface area (Å²) in [6, 6.07) is 3.50. The van der Waals surface area contributed by atoms with Crippen molar-refractivity contribution >= 4 is 17.7 Å². The highest BCUT2D eigenvalue weighted by Crippen LogP contribution is 2.27. The summed E-state index contributed by atoms with van der Waals surface area (Å²) in [6.45, 7) is 0.203. The molecule has 0 saturated heterocycles. The molecule has 8 nitrogen and oxygen atoms in total. The van der Waals surface area contributed by atoms with Crippen LogP contribution in [0, 0.1) is 0 Å². The number of imidazole rings is 1. The summed E-state index contributed by atoms with van der Waals surface area (Å²) >= 11 is 0. The first-order valence-corrected chi connectivity index (χ1v) is 6.05. The number of benzene rings is 1. The number of hydrogen-bond acceptors (Lipinski definition) is 4. The molecule has 2 rings (SSSR count). The van der Waals surface area contributed by atoms with Crippen LogP contribution >= 0.6 is 0 Å². The van der Waals surface area contributed by atoms with E-state index in [0.717, 1.165) is 0 Å². The van der Waals surface area contributed by atoms with Crippen LogP contribution in [0.5, 0.6) is 5.75 Å². The molecule has 2 aromatic rings. The molecule has 0 radical (unpaired) electrons. The highest BCUT2D eigenvalue weighted by Gasteiger charge is 2.14. The van der Waals surface area contributed by atoms with Gasteiger partial charge in [0.05, 0.1) is 12.2 Å². The van der Waals surface area contributed by atoms with E-state index in [9.17, 15) is 14.7 Å². The van der Waals surface area contributed by atoms with E-state index < -0.39 is 17.7 Å². The maximum atomic E-state index is 11.7. The van der Waals surface area contributed by atoms with Gasteiger partial charge in [0, 0.05) is 19.4 Å². The quantitative estimate of drug-likeness (QED) is 0.630. The molecule has 1 aromatic heterocycles. The van der Waals surface area contributed by atoms with Gasteiger partial charge in [-0.25, -0.2) is 14.6 Å². The van der Waals surface area contributed by atoms with Crippen molar-refractivity contribution in [2.75, 3.05) is 5.32 Å². The van der Waals surface area contributed by atoms with Gasteiger partial charge in [-0.1, -0.05) is 6.07 Å². The number of carbonyl (C=O) groups is 2. The second-order valence-electron chi connectivity index (χ2n) is 4.27. The number of hydrogen-bond donors (Lipinski definition) is 4. The number of aromatic hydroxyl groups is 1. The Balaban J connectivity index is 2.01. The molecule has 1 aromatic carbocycles. The van der Waals surface area contributed by atoms with Crippen molar-refractivity contribution in [1.82, 2.24) is 14.9 Å². The van der Waals surface area contributed by atoms with E-state index >= 15 is 0 Å². The normalized spacial score (nSPS) is 10.1. The Hall–Kier alpha value is -3.03. The molecule has 0 unspecified atom stereocenters. The molecule has 110 valence electrons. The van der Waals surface area contributed by atoms with E-state index in [4.69, 9.17) is 5.11 Å². The monoisotopic (exact) mass is 290 g/mol. The molecular formula is C13H14N4O4. The van der Waals surface area contributed by atoms with Crippen LogP contribution in [0.25, 0.3) is 0 Å². The second kappa shape index (κ2) is 5.95. The smallest absolute Gasteiger partial charge is 0.339 e. The number of amides is 2. The molecule has 8 heteroatoms. The largest absolute Gasteiger partial charge is 0.505 e. The molecule has 0 spiro atoms. The average Bonchev–Trinajstić information content (AvgIpc) is 2.84. The Bertz CT molecular complexity index is 681. The van der Waals surface area contributed by atoms with Crippen molar-refractivity contribution < 1.29 is 19.8 Å². The third kappa shape index (κ3) is 3.30. The van der Waals surface area contributed by atoms with Crippen LogP contribution in [0.15, 0.2) is 30.6 Å². The number of phenols is 1. The van der Waals surface area contributed by atoms with E-state index in [2.05, 4.69) is 15.6 Å². The zero-order valence-corrected chi connectivity index (χ0v) is 11.2. The standard InChI is InChI=1S/C13H14N4O4/c1-17-6-5-14-10(17)7-15-13(21)16-9-4-2-3-8(11(9)18)12(19)20/h2-6,18H,7H2,1H3,(H,19,20)(H2,15,16,21). The highest BCUT2D eigenvalue weighted by atomic mass is 16.4. The van der Waals surface area contributed by atoms with Crippen LogP contribution in [0.4, 0.5) is 10.5 Å². The number of carboxylic acids is 1. The summed E-state index contributed by atoms with van der Waals surface area (Å²) in [5.74, 6) is -1.10. The van der Waals surface area contributed by atoms with Gasteiger partial charge in [-0.3, -0.25) is 0 Å². The lowest BCUT2D eigenvalue weighted by atomic mass is 10.2. The third-order valence-electron chi connectivity index (χ3n) is 2.84. The predicted octanol–water partition coefficient (Wildman–Crippen LogP) is 1.15. The van der Waals surface area contributed by atoms with E-state index in [1.165, 1.54) is 18.2 Å². The van der Waals surface area contributed by atoms with E-state index in [-0.39, 0.29) is 17.8 Å². The van der Waals surface area contributed by atoms with E-state index in [0.29, 0.717) is 5.82 Å². The van der Waals surface area contributed by atoms with Crippen LogP contribution in [0.1, 0.15) is 16.2 Å². The van der Waals surface area contributed by atoms with E-state index in [1.54, 1.807) is 24.0 Å². The minimum absolute atomic E-state index is 0.0206. The Kier molecular flexibility index (Phi) is 4.07. The summed E-state index contributed by atoms with van der Waals surface area (Å²) in [5.41, 5.74) is -0.260. The number of rotatable bonds is 4. The van der Waals surface area contributed by atoms with Gasteiger partial charge < -0.3 is 25.4 Å². The lowest BCUT2D eigenvalue weighted by molar-refractivity contribution is 0.0693. The molecule has 0 atom stereocenters. The molecule has 0 aliphatic rings. The average molecular weight is 290 g/mol. The lowest BCUT2D eigenvalue weighted by Gasteiger charge is -2.10. The van der Waals surface area contributed by atoms with Gasteiger partial charge in [0.15, 0.2) is 5.75 Å². The Labute approximate surface area is 120 Å². The van der Waals surface area contributed by atoms with Crippen molar-refractivity contribution in [3.8, 4) is 5.75 Å². The van der Waals surface area contributed by atoms with Crippen LogP contribution in [0.3, 0.4) is 0 Å². The Morgan fingerprint density at radius 2 is 2.14 bits per heavy atom. The molecule has 1 heterocycles. The molecule has 4 N–H and O–H groups in total. The molecule has 0 aliphatic carbocycles. The van der Waals surface area contributed by atoms with Gasteiger partial charge in [0.25, 0.3) is 0 Å². The van der Waals surface area contributed by atoms with Crippen molar-refractivity contribution in [2.24, 2.45) is 7.05 Å². The highest BCUT2D eigenvalue weighted by molar-refractivity contribution is 5.97. The van der Waals surface area contributed by atoms with Gasteiger partial charge in [-0.15, -0.1) is 0 Å². The number of nitrogens with one attached hydrogen (secondary N) is 2. The Morgan fingerprint density at radius 1 is 1.38 bits per heavy atom. The third-order valence-corrected chi connectivity index (χ3v) is 2.84. The molecule has 2 amide bonds. The fraction of sp³-hybridized carbons (Fsp3) is 0.154. The first kappa shape index (κ1) is 14.4. The number of aryl methyl sites for hydroxylation is 1. The number of anilines is 1. The van der Waals surface area contributed by atoms with Gasteiger partial charge in [-0.2, -0.15) is 0 Å². The van der Waals surface area contributed by atoms with Crippen molar-refractivity contribution in [3.63, 3.8) is 0 Å². The summed E-state index contributed by atoms with van der Waals surface area (Å²) in [5, 5.41) is 23.6. The van der Waals surface area contributed by atoms with Crippen LogP contribution in [0.2, 0.25) is 0 Å². The number of para-hydroxylation sites is 1. The van der Waals surface area contributed by atoms with Crippen LogP contribution in [-0.4, -0.2) is 31.8 Å². The molecule has 0 saturated carbocycles. The summed E-state index contributed by atoms with van der Waals surface area (Å²) in [7, 11) is 1.80. The number of carbonyl (C=O) groups excluding carboxylic acids is 1. The topological polar surface area (TPSA) is 116 Å². The van der Waals surface area contributed by atoms with Gasteiger partial charge >= 0.3 is 12.0 Å². The number of nitrogens with zero attached hydrogens (tertiary/aromatic N) is 2. The molecule has 0 bridgehead atoms. The number of carboxylic acid groups (broad SMARTS) is 1. The summed E-state index contributed by atoms with van der Waals surface area (Å²) in [4.78, 5) is 26.7. The van der Waals surface area contributed by atoms with Crippen molar-refractivity contribution in [1.29, 1.82) is 0 Å². The molecular weight excluding hydrogens is 276 g/mol. The summed E-state index contributed by atoms with van der Waals surface area (Å²) in [6.07, 6.45) is 3.36. The molecule has 21 heavy (non-hydrogen) atoms. The second-order valence-corrected chi connectivity index (χ2v) is 4.27. The number of aromatic carboxylic acids is 1. The lowest BCUT2D eigenvalue weighted by Crippen LogP contribution is -2.29. The fourth-order valence-corrected chi connectivity index (χ4v) is 1.71. The fourth-order valence-electron chi connectivity index (χ4n) is 1.71. The maximum Gasteiger partial charge on any atom is 0.339 e. The SMILES string of the molecule is Cn1ccnc1CNC(=O)Nc1cccc(C(=O)O)c1O. The van der Waals surface area contributed by atoms with Gasteiger partial charge in [0.1, 0.15) is 11.4 Å². The predicted molar refractivity (Wildman–Crippen MR) is 74.1 cm³/mol. The molecule has 0 aliphatic heterocycles. The minimum atomic E-state index is -1.27.